The van der Waals surface area contributed by atoms with E-state index in [0.29, 0.717) is 0 Å². The van der Waals surface area contributed by atoms with Crippen molar-refractivity contribution in [2.45, 2.75) is 11.9 Å². The number of sulfonamides is 1. The molecule has 7 nitrogen and oxygen atoms in total. The molecule has 17 heavy (non-hydrogen) atoms. The Morgan fingerprint density at radius 3 is 2.53 bits per heavy atom. The summed E-state index contributed by atoms with van der Waals surface area (Å²) in [7, 11) is -0.504. The van der Waals surface area contributed by atoms with E-state index >= 15 is 0 Å². The van der Waals surface area contributed by atoms with E-state index < -0.39 is 10.0 Å². The Kier molecular flexibility index (Phi) is 4.24. The van der Waals surface area contributed by atoms with Crippen LogP contribution in [0.2, 0.25) is 0 Å². The zero-order valence-corrected chi connectivity index (χ0v) is 10.9. The number of rotatable bonds is 5. The summed E-state index contributed by atoms with van der Waals surface area (Å²) in [4.78, 5) is 19.1. The Morgan fingerprint density at radius 2 is 2.12 bits per heavy atom. The Morgan fingerprint density at radius 1 is 1.47 bits per heavy atom. The third kappa shape index (κ3) is 3.04. The van der Waals surface area contributed by atoms with Crippen LogP contribution in [-0.4, -0.2) is 60.7 Å². The minimum Gasteiger partial charge on any atom is -0.348 e. The van der Waals surface area contributed by atoms with Crippen molar-refractivity contribution >= 4 is 15.9 Å². The van der Waals surface area contributed by atoms with Crippen LogP contribution in [0, 0.1) is 0 Å². The largest absolute Gasteiger partial charge is 0.348 e. The van der Waals surface area contributed by atoms with E-state index in [9.17, 15) is 13.2 Å². The number of hydrogen-bond donors (Lipinski definition) is 1. The van der Waals surface area contributed by atoms with Gasteiger partial charge < -0.3 is 9.88 Å². The summed E-state index contributed by atoms with van der Waals surface area (Å²) in [6, 6.07) is 0. The van der Waals surface area contributed by atoms with E-state index in [1.54, 1.807) is 21.0 Å². The molecule has 0 saturated heterocycles. The fourth-order valence-corrected chi connectivity index (χ4v) is 2.48. The molecule has 1 aromatic heterocycles. The number of nitrogens with one attached hydrogen (secondary N) is 1. The average Bonchev–Trinajstić information content (AvgIpc) is 2.78. The predicted molar refractivity (Wildman–Crippen MR) is 61.7 cm³/mol. The van der Waals surface area contributed by atoms with Crippen LogP contribution >= 0.6 is 0 Å². The monoisotopic (exact) mass is 260 g/mol. The van der Waals surface area contributed by atoms with Gasteiger partial charge in [-0.3, -0.25) is 4.79 Å². The molecular formula is C9H16N4O3S. The molecule has 0 aliphatic heterocycles. The van der Waals surface area contributed by atoms with Gasteiger partial charge in [-0.1, -0.05) is 6.92 Å². The van der Waals surface area contributed by atoms with Gasteiger partial charge in [-0.25, -0.2) is 13.4 Å². The summed E-state index contributed by atoms with van der Waals surface area (Å²) in [6.45, 7) is 1.72. The van der Waals surface area contributed by atoms with Gasteiger partial charge in [0.2, 0.25) is 5.91 Å². The van der Waals surface area contributed by atoms with E-state index in [0.717, 1.165) is 4.31 Å². The number of aromatic amines is 1. The lowest BCUT2D eigenvalue weighted by Crippen LogP contribution is -2.40. The molecule has 1 heterocycles. The highest BCUT2D eigenvalue weighted by molar-refractivity contribution is 7.89. The van der Waals surface area contributed by atoms with Crippen molar-refractivity contribution in [3.63, 3.8) is 0 Å². The van der Waals surface area contributed by atoms with Crippen LogP contribution < -0.4 is 0 Å². The molecule has 0 aromatic carbocycles. The molecule has 0 unspecified atom stereocenters. The minimum atomic E-state index is -3.67. The van der Waals surface area contributed by atoms with Gasteiger partial charge in [0.25, 0.3) is 10.0 Å². The van der Waals surface area contributed by atoms with Gasteiger partial charge in [0.15, 0.2) is 5.03 Å². The van der Waals surface area contributed by atoms with Gasteiger partial charge in [-0.2, -0.15) is 4.31 Å². The predicted octanol–water partition coefficient (Wildman–Crippen LogP) is -0.491. The van der Waals surface area contributed by atoms with Crippen LogP contribution in [0.3, 0.4) is 0 Å². The highest BCUT2D eigenvalue weighted by Gasteiger charge is 2.26. The number of hydrogen-bond acceptors (Lipinski definition) is 4. The number of carbonyl (C=O) groups excluding carboxylic acids is 1. The summed E-state index contributed by atoms with van der Waals surface area (Å²) < 4.78 is 25.2. The minimum absolute atomic E-state index is 0.00842. The number of carbonyl (C=O) groups is 1. The third-order valence-corrected chi connectivity index (χ3v) is 4.10. The first-order chi connectivity index (χ1) is 7.89. The Bertz CT molecular complexity index is 466. The summed E-state index contributed by atoms with van der Waals surface area (Å²) in [6.07, 6.45) is 2.51. The van der Waals surface area contributed by atoms with Crippen LogP contribution in [0.15, 0.2) is 17.6 Å². The van der Waals surface area contributed by atoms with E-state index in [2.05, 4.69) is 9.97 Å². The molecule has 1 N–H and O–H groups in total. The summed E-state index contributed by atoms with van der Waals surface area (Å²) >= 11 is 0. The van der Waals surface area contributed by atoms with Crippen LogP contribution in [0.25, 0.3) is 0 Å². The molecule has 0 spiro atoms. The van der Waals surface area contributed by atoms with Gasteiger partial charge >= 0.3 is 0 Å². The first kappa shape index (κ1) is 13.7. The molecule has 0 fully saturated rings. The van der Waals surface area contributed by atoms with E-state index in [-0.39, 0.29) is 24.0 Å². The fraction of sp³-hybridized carbons (Fsp3) is 0.556. The molecular weight excluding hydrogens is 244 g/mol. The quantitative estimate of drug-likeness (QED) is 0.774. The average molecular weight is 260 g/mol. The Hall–Kier alpha value is -1.41. The molecule has 0 aliphatic rings. The second kappa shape index (κ2) is 5.28. The second-order valence-electron chi connectivity index (χ2n) is 3.64. The van der Waals surface area contributed by atoms with Crippen molar-refractivity contribution in [3.05, 3.63) is 12.5 Å². The maximum absolute atomic E-state index is 12.1. The lowest BCUT2D eigenvalue weighted by Gasteiger charge is -2.20. The zero-order valence-electron chi connectivity index (χ0n) is 10.0. The van der Waals surface area contributed by atoms with Crippen molar-refractivity contribution in [1.82, 2.24) is 19.2 Å². The van der Waals surface area contributed by atoms with Crippen molar-refractivity contribution in [2.75, 3.05) is 27.2 Å². The summed E-state index contributed by atoms with van der Waals surface area (Å²) in [5.74, 6) is -0.269. The van der Waals surface area contributed by atoms with Crippen LogP contribution in [0.1, 0.15) is 6.92 Å². The van der Waals surface area contributed by atoms with Crippen LogP contribution in [-0.2, 0) is 14.8 Å². The third-order valence-electron chi connectivity index (χ3n) is 2.25. The highest BCUT2D eigenvalue weighted by atomic mass is 32.2. The standard InChI is InChI=1S/C9H16N4O3S/c1-4-13(6-9(14)12(2)3)17(15,16)8-5-10-7-11-8/h5,7H,4,6H2,1-3H3,(H,10,11). The van der Waals surface area contributed by atoms with Gasteiger partial charge in [0.1, 0.15) is 0 Å². The van der Waals surface area contributed by atoms with Crippen molar-refractivity contribution in [1.29, 1.82) is 0 Å². The number of amides is 1. The molecule has 1 aromatic rings. The van der Waals surface area contributed by atoms with Gasteiger partial charge in [0, 0.05) is 20.6 Å². The smallest absolute Gasteiger partial charge is 0.260 e. The van der Waals surface area contributed by atoms with E-state index in [4.69, 9.17) is 0 Å². The fourth-order valence-electron chi connectivity index (χ4n) is 1.18. The number of H-pyrrole nitrogens is 1. The lowest BCUT2D eigenvalue weighted by molar-refractivity contribution is -0.128. The van der Waals surface area contributed by atoms with E-state index in [1.807, 2.05) is 0 Å². The Labute approximate surface area is 100 Å². The molecule has 0 aliphatic carbocycles. The number of imidazole rings is 1. The van der Waals surface area contributed by atoms with Crippen molar-refractivity contribution in [2.24, 2.45) is 0 Å². The molecule has 8 heteroatoms. The SMILES string of the molecule is CCN(CC(=O)N(C)C)S(=O)(=O)c1cnc[nH]1. The molecule has 1 amide bonds. The van der Waals surface area contributed by atoms with Crippen LogP contribution in [0.5, 0.6) is 0 Å². The van der Waals surface area contributed by atoms with Gasteiger partial charge in [-0.15, -0.1) is 0 Å². The number of likely N-dealkylation sites (N-methyl/N-ethyl adjacent to an activating group) is 2. The lowest BCUT2D eigenvalue weighted by atomic mass is 10.5. The number of aromatic nitrogens is 2. The Balaban J connectivity index is 2.92. The molecule has 0 atom stereocenters. The molecule has 0 bridgehead atoms. The van der Waals surface area contributed by atoms with E-state index in [1.165, 1.54) is 17.4 Å². The topological polar surface area (TPSA) is 86.4 Å². The maximum atomic E-state index is 12.1. The van der Waals surface area contributed by atoms with Crippen molar-refractivity contribution < 1.29 is 13.2 Å². The summed E-state index contributed by atoms with van der Waals surface area (Å²) in [5.41, 5.74) is 0. The second-order valence-corrected chi connectivity index (χ2v) is 5.54. The first-order valence-electron chi connectivity index (χ1n) is 5.08. The van der Waals surface area contributed by atoms with Gasteiger partial charge in [0.05, 0.1) is 19.1 Å². The van der Waals surface area contributed by atoms with Crippen LogP contribution in [0.4, 0.5) is 0 Å². The molecule has 0 saturated carbocycles. The normalized spacial score (nSPS) is 11.8. The molecule has 0 radical (unpaired) electrons. The zero-order chi connectivity index (χ0) is 13.1. The van der Waals surface area contributed by atoms with Crippen molar-refractivity contribution in [3.8, 4) is 0 Å². The molecule has 1 rings (SSSR count). The summed E-state index contributed by atoms with van der Waals surface area (Å²) in [5, 5.41) is -0.00842. The molecule has 96 valence electrons. The first-order valence-corrected chi connectivity index (χ1v) is 6.52. The highest BCUT2D eigenvalue weighted by Crippen LogP contribution is 2.11. The maximum Gasteiger partial charge on any atom is 0.260 e. The number of nitrogens with zero attached hydrogens (tertiary/aromatic N) is 3. The van der Waals surface area contributed by atoms with Gasteiger partial charge in [-0.05, 0) is 0 Å².